The molecule has 2 aromatic rings. The molecule has 1 unspecified atom stereocenters. The van der Waals surface area contributed by atoms with Crippen molar-refractivity contribution in [2.24, 2.45) is 5.73 Å². The van der Waals surface area contributed by atoms with Crippen LogP contribution in [0.2, 0.25) is 0 Å². The van der Waals surface area contributed by atoms with Gasteiger partial charge in [-0.3, -0.25) is 0 Å². The first-order chi connectivity index (χ1) is 12.1. The Kier molecular flexibility index (Phi) is 8.16. The topological polar surface area (TPSA) is 44.5 Å². The van der Waals surface area contributed by atoms with Gasteiger partial charge in [-0.1, -0.05) is 50.2 Å². The Bertz CT molecular complexity index is 631. The largest absolute Gasteiger partial charge is 0.493 e. The summed E-state index contributed by atoms with van der Waals surface area (Å²) < 4.78 is 11.4. The summed E-state index contributed by atoms with van der Waals surface area (Å²) in [6.07, 6.45) is 1.72. The highest BCUT2D eigenvalue weighted by Gasteiger charge is 2.10. The molecule has 0 saturated carbocycles. The summed E-state index contributed by atoms with van der Waals surface area (Å²) in [4.78, 5) is 0. The van der Waals surface area contributed by atoms with E-state index in [9.17, 15) is 0 Å². The molecule has 1 atom stereocenters. The predicted molar refractivity (Wildman–Crippen MR) is 108 cm³/mol. The number of ether oxygens (including phenoxy) is 2. The molecule has 0 bridgehead atoms. The smallest absolute Gasteiger partial charge is 0.161 e. The Morgan fingerprint density at radius 3 is 2.44 bits per heavy atom. The second kappa shape index (κ2) is 10.4. The first-order valence-electron chi connectivity index (χ1n) is 8.79. The third-order valence-electron chi connectivity index (χ3n) is 3.86. The van der Waals surface area contributed by atoms with E-state index >= 15 is 0 Å². The average molecular weight is 360 g/mol. The summed E-state index contributed by atoms with van der Waals surface area (Å²) in [5.74, 6) is 2.52. The molecule has 2 N–H and O–H groups in total. The SMILES string of the molecule is COc1ccc(CC(N)CSC(C)C)cc1OCCc1ccccc1. The van der Waals surface area contributed by atoms with Crippen molar-refractivity contribution in [1.29, 1.82) is 0 Å². The van der Waals surface area contributed by atoms with Crippen molar-refractivity contribution in [2.45, 2.75) is 38.0 Å². The molecule has 0 amide bonds. The van der Waals surface area contributed by atoms with Crippen LogP contribution in [0.25, 0.3) is 0 Å². The van der Waals surface area contributed by atoms with E-state index in [1.54, 1.807) is 7.11 Å². The van der Waals surface area contributed by atoms with Crippen LogP contribution in [0.3, 0.4) is 0 Å². The molecule has 0 aliphatic rings. The van der Waals surface area contributed by atoms with Crippen LogP contribution in [0, 0.1) is 0 Å². The predicted octanol–water partition coefficient (Wildman–Crippen LogP) is 4.33. The fourth-order valence-corrected chi connectivity index (χ4v) is 3.31. The van der Waals surface area contributed by atoms with Crippen LogP contribution in [0.15, 0.2) is 48.5 Å². The fourth-order valence-electron chi connectivity index (χ4n) is 2.56. The molecule has 0 radical (unpaired) electrons. The summed E-state index contributed by atoms with van der Waals surface area (Å²) in [7, 11) is 1.67. The van der Waals surface area contributed by atoms with E-state index < -0.39 is 0 Å². The van der Waals surface area contributed by atoms with Crippen molar-refractivity contribution in [3.05, 3.63) is 59.7 Å². The van der Waals surface area contributed by atoms with Gasteiger partial charge in [0, 0.05) is 18.2 Å². The minimum absolute atomic E-state index is 0.151. The first-order valence-corrected chi connectivity index (χ1v) is 9.84. The lowest BCUT2D eigenvalue weighted by Gasteiger charge is -2.16. The highest BCUT2D eigenvalue weighted by Crippen LogP contribution is 2.29. The van der Waals surface area contributed by atoms with Crippen molar-refractivity contribution in [3.63, 3.8) is 0 Å². The van der Waals surface area contributed by atoms with E-state index in [0.29, 0.717) is 11.9 Å². The van der Waals surface area contributed by atoms with Gasteiger partial charge in [-0.2, -0.15) is 11.8 Å². The van der Waals surface area contributed by atoms with E-state index in [4.69, 9.17) is 15.2 Å². The monoisotopic (exact) mass is 359 g/mol. The Hall–Kier alpha value is -1.65. The average Bonchev–Trinajstić information content (AvgIpc) is 2.61. The second-order valence-corrected chi connectivity index (χ2v) is 8.03. The molecule has 0 aliphatic heterocycles. The maximum Gasteiger partial charge on any atom is 0.161 e. The molecule has 2 aromatic carbocycles. The van der Waals surface area contributed by atoms with Gasteiger partial charge in [0.25, 0.3) is 0 Å². The molecule has 136 valence electrons. The molecule has 0 spiro atoms. The number of hydrogen-bond acceptors (Lipinski definition) is 4. The fraction of sp³-hybridized carbons (Fsp3) is 0.429. The number of thioether (sulfide) groups is 1. The van der Waals surface area contributed by atoms with Gasteiger partial charge in [0.2, 0.25) is 0 Å². The van der Waals surface area contributed by atoms with E-state index in [-0.39, 0.29) is 6.04 Å². The van der Waals surface area contributed by atoms with E-state index in [0.717, 1.165) is 30.1 Å². The lowest BCUT2D eigenvalue weighted by molar-refractivity contribution is 0.297. The van der Waals surface area contributed by atoms with Crippen LogP contribution in [0.1, 0.15) is 25.0 Å². The van der Waals surface area contributed by atoms with Gasteiger partial charge in [-0.05, 0) is 34.9 Å². The van der Waals surface area contributed by atoms with Crippen molar-refractivity contribution >= 4 is 11.8 Å². The van der Waals surface area contributed by atoms with Crippen molar-refractivity contribution < 1.29 is 9.47 Å². The Morgan fingerprint density at radius 2 is 1.76 bits per heavy atom. The molecule has 0 saturated heterocycles. The maximum absolute atomic E-state index is 6.26. The highest BCUT2D eigenvalue weighted by atomic mass is 32.2. The molecule has 2 rings (SSSR count). The zero-order chi connectivity index (χ0) is 18.1. The zero-order valence-electron chi connectivity index (χ0n) is 15.4. The number of benzene rings is 2. The Balaban J connectivity index is 1.94. The van der Waals surface area contributed by atoms with Gasteiger partial charge in [0.05, 0.1) is 13.7 Å². The third-order valence-corrected chi connectivity index (χ3v) is 5.15. The van der Waals surface area contributed by atoms with Crippen LogP contribution in [-0.2, 0) is 12.8 Å². The Labute approximate surface area is 155 Å². The van der Waals surface area contributed by atoms with Gasteiger partial charge in [0.15, 0.2) is 11.5 Å². The summed E-state index contributed by atoms with van der Waals surface area (Å²) in [5, 5.41) is 0.610. The van der Waals surface area contributed by atoms with Gasteiger partial charge in [-0.15, -0.1) is 0 Å². The molecule has 25 heavy (non-hydrogen) atoms. The van der Waals surface area contributed by atoms with Crippen LogP contribution in [0.5, 0.6) is 11.5 Å². The summed E-state index contributed by atoms with van der Waals surface area (Å²) in [6, 6.07) is 16.6. The number of nitrogens with two attached hydrogens (primary N) is 1. The summed E-state index contributed by atoms with van der Waals surface area (Å²) in [6.45, 7) is 5.02. The van der Waals surface area contributed by atoms with Crippen molar-refractivity contribution in [3.8, 4) is 11.5 Å². The van der Waals surface area contributed by atoms with E-state index in [1.807, 2.05) is 36.0 Å². The van der Waals surface area contributed by atoms with Gasteiger partial charge < -0.3 is 15.2 Å². The first kappa shape index (κ1) is 19.7. The minimum atomic E-state index is 0.151. The normalized spacial score (nSPS) is 12.2. The Morgan fingerprint density at radius 1 is 1.00 bits per heavy atom. The number of methoxy groups -OCH3 is 1. The van der Waals surface area contributed by atoms with E-state index in [1.165, 1.54) is 11.1 Å². The van der Waals surface area contributed by atoms with Crippen LogP contribution in [-0.4, -0.2) is 30.8 Å². The third kappa shape index (κ3) is 7.00. The molecule has 0 fully saturated rings. The van der Waals surface area contributed by atoms with Gasteiger partial charge in [-0.25, -0.2) is 0 Å². The van der Waals surface area contributed by atoms with Crippen LogP contribution >= 0.6 is 11.8 Å². The van der Waals surface area contributed by atoms with E-state index in [2.05, 4.69) is 38.1 Å². The number of hydrogen-bond donors (Lipinski definition) is 1. The summed E-state index contributed by atoms with van der Waals surface area (Å²) >= 11 is 1.90. The lowest BCUT2D eigenvalue weighted by atomic mass is 10.1. The summed E-state index contributed by atoms with van der Waals surface area (Å²) in [5.41, 5.74) is 8.71. The molecule has 3 nitrogen and oxygen atoms in total. The minimum Gasteiger partial charge on any atom is -0.493 e. The van der Waals surface area contributed by atoms with Gasteiger partial charge in [0.1, 0.15) is 0 Å². The van der Waals surface area contributed by atoms with Gasteiger partial charge >= 0.3 is 0 Å². The quantitative estimate of drug-likeness (QED) is 0.686. The molecule has 0 aromatic heterocycles. The molecular formula is C21H29NO2S. The molecule has 4 heteroatoms. The van der Waals surface area contributed by atoms with Crippen molar-refractivity contribution in [1.82, 2.24) is 0 Å². The standard InChI is InChI=1S/C21H29NO2S/c1-16(2)25-15-19(22)13-18-9-10-20(23-3)21(14-18)24-12-11-17-7-5-4-6-8-17/h4-10,14,16,19H,11-13,15,22H2,1-3H3. The number of rotatable bonds is 10. The maximum atomic E-state index is 6.26. The second-order valence-electron chi connectivity index (χ2n) is 6.42. The lowest BCUT2D eigenvalue weighted by Crippen LogP contribution is -2.26. The zero-order valence-corrected chi connectivity index (χ0v) is 16.2. The van der Waals surface area contributed by atoms with Crippen LogP contribution in [0.4, 0.5) is 0 Å². The molecule has 0 aliphatic carbocycles. The van der Waals surface area contributed by atoms with Crippen molar-refractivity contribution in [2.75, 3.05) is 19.5 Å². The molecular weight excluding hydrogens is 330 g/mol. The van der Waals surface area contributed by atoms with Crippen LogP contribution < -0.4 is 15.2 Å². The molecule has 0 heterocycles. The highest BCUT2D eigenvalue weighted by molar-refractivity contribution is 7.99.